The van der Waals surface area contributed by atoms with Gasteiger partial charge >= 0.3 is 0 Å². The van der Waals surface area contributed by atoms with Crippen molar-refractivity contribution < 1.29 is 84.2 Å². The third kappa shape index (κ3) is 88.9. The van der Waals surface area contributed by atoms with Gasteiger partial charge in [-0.1, -0.05) is 249 Å². The van der Waals surface area contributed by atoms with Crippen LogP contribution in [-0.2, 0) is 98.4 Å². The van der Waals surface area contributed by atoms with E-state index >= 15 is 0 Å². The number of sulfone groups is 10. The van der Waals surface area contributed by atoms with Crippen LogP contribution < -0.4 is 0 Å². The first-order valence-electron chi connectivity index (χ1n) is 46.7. The predicted octanol–water partition coefficient (Wildman–Crippen LogP) is 26.1. The maximum absolute atomic E-state index is 11.7. The molecule has 800 valence electrons. The zero-order valence-electron chi connectivity index (χ0n) is 96.4. The maximum atomic E-state index is 11.7. The van der Waals surface area contributed by atoms with Gasteiger partial charge in [0.15, 0.2) is 98.4 Å². The number of hydrogen-bond acceptors (Lipinski definition) is 20. The van der Waals surface area contributed by atoms with Gasteiger partial charge in [0.25, 0.3) is 0 Å². The van der Waals surface area contributed by atoms with Crippen LogP contribution in [0.5, 0.6) is 0 Å². The first-order valence-corrected chi connectivity index (χ1v) is 63.5. The third-order valence-corrected chi connectivity index (χ3v) is 45.2. The Balaban J connectivity index is -0.000000154. The summed E-state index contributed by atoms with van der Waals surface area (Å²) < 4.78 is 229. The van der Waals surface area contributed by atoms with Gasteiger partial charge in [-0.25, -0.2) is 84.2 Å². The molecule has 0 aliphatic rings. The minimum atomic E-state index is -3.01. The Labute approximate surface area is 814 Å². The van der Waals surface area contributed by atoms with Crippen LogP contribution in [0.15, 0.2) is 0 Å². The van der Waals surface area contributed by atoms with Crippen LogP contribution in [0.25, 0.3) is 0 Å². The van der Waals surface area contributed by atoms with Gasteiger partial charge in [0.2, 0.25) is 0 Å². The third-order valence-electron chi connectivity index (χ3n) is 18.3. The maximum Gasteiger partial charge on any atom is 0.160 e. The summed E-state index contributed by atoms with van der Waals surface area (Å²) >= 11 is 0. The van der Waals surface area contributed by atoms with Gasteiger partial charge in [0, 0.05) is 0 Å². The first kappa shape index (κ1) is 150. The monoisotopic (exact) mass is 2060 g/mol. The van der Waals surface area contributed by atoms with E-state index in [1.165, 1.54) is 0 Å². The van der Waals surface area contributed by atoms with Crippen molar-refractivity contribution in [3.63, 3.8) is 0 Å². The topological polar surface area (TPSA) is 341 Å². The minimum Gasteiger partial charge on any atom is -0.229 e. The summed E-state index contributed by atoms with van der Waals surface area (Å²) in [6.45, 7) is 115. The molecule has 0 bridgehead atoms. The molecule has 0 saturated heterocycles. The molecule has 0 aromatic carbocycles. The van der Waals surface area contributed by atoms with Crippen LogP contribution in [0.1, 0.15) is 467 Å². The highest BCUT2D eigenvalue weighted by atomic mass is 32.2. The average molecular weight is 2060 g/mol. The van der Waals surface area contributed by atoms with Gasteiger partial charge < -0.3 is 0 Å². The lowest BCUT2D eigenvalue weighted by Crippen LogP contribution is -2.41. The summed E-state index contributed by atoms with van der Waals surface area (Å²) in [5.74, 6) is 3.47. The summed E-state index contributed by atoms with van der Waals surface area (Å²) in [6.07, 6.45) is 6.40. The lowest BCUT2D eigenvalue weighted by atomic mass is 9.91. The quantitative estimate of drug-likeness (QED) is 0.109. The molecule has 0 N–H and O–H groups in total. The van der Waals surface area contributed by atoms with Gasteiger partial charge in [-0.2, -0.15) is 0 Å². The van der Waals surface area contributed by atoms with Crippen LogP contribution in [0.3, 0.4) is 0 Å². The van der Waals surface area contributed by atoms with Gasteiger partial charge in [-0.05, 0) is 283 Å². The van der Waals surface area contributed by atoms with E-state index in [0.717, 1.165) is 51.4 Å². The van der Waals surface area contributed by atoms with Gasteiger partial charge in [-0.15, -0.1) is 0 Å². The molecule has 0 rings (SSSR count). The second kappa shape index (κ2) is 52.5. The van der Waals surface area contributed by atoms with E-state index in [0.29, 0.717) is 34.5 Å². The SMILES string of the molecule is CC(C)(C)CCCS(=O)(=O)C(C)(C)C.CC(C)(C)CCCS(=O)(=O)C(C)(C)C.CC(C)(C)CCS(=O)(=O)C(C)(C)C.CC(C)(C)CCS(=O)(=O)C(C)(C)C.CC(C)(C)CCS(=O)(=O)CC(C)(C)C.CC(C)(C)CCS(=O)(=O)CC(C)(C)C.CC(C)(C)CS(=O)(=O)C(C)(C)C.CC(C)(C)CS(=O)(=O)C(C)(C)C.CC(C)(C)CS(=O)(=O)CC(C)(C)C.CC(C)(C)S(=O)(=O)C(C)(C)C. The van der Waals surface area contributed by atoms with E-state index in [1.807, 2.05) is 125 Å². The minimum absolute atomic E-state index is 0.0956. The van der Waals surface area contributed by atoms with Gasteiger partial charge in [-0.3, -0.25) is 0 Å². The summed E-state index contributed by atoms with van der Waals surface area (Å²) in [4.78, 5) is 0. The van der Waals surface area contributed by atoms with Crippen molar-refractivity contribution in [3.8, 4) is 0 Å². The molecule has 0 spiro atoms. The molecule has 0 aromatic rings. The Bertz CT molecular complexity index is 4150. The van der Waals surface area contributed by atoms with Gasteiger partial charge in [0.1, 0.15) is 0 Å². The first-order chi connectivity index (χ1) is 54.5. The van der Waals surface area contributed by atoms with Crippen molar-refractivity contribution in [1.29, 1.82) is 0 Å². The number of hydrogen-bond donors (Lipinski definition) is 0. The second-order valence-corrected chi connectivity index (χ2v) is 85.2. The highest BCUT2D eigenvalue weighted by molar-refractivity contribution is 7.95. The van der Waals surface area contributed by atoms with Crippen LogP contribution in [-0.4, -0.2) is 191 Å². The van der Waals surface area contributed by atoms with E-state index in [9.17, 15) is 84.2 Å². The molecule has 0 saturated carbocycles. The molecule has 0 atom stereocenters. The van der Waals surface area contributed by atoms with Crippen molar-refractivity contribution in [1.82, 2.24) is 0 Å². The average Bonchev–Trinajstić information content (AvgIpc) is 0.786. The fourth-order valence-electron chi connectivity index (χ4n) is 9.94. The lowest BCUT2D eigenvalue weighted by molar-refractivity contribution is 0.372. The Kier molecular flexibility index (Phi) is 60.5. The molecule has 0 aromatic heterocycles. The van der Waals surface area contributed by atoms with Gasteiger partial charge in [0.05, 0.1) is 107 Å². The summed E-state index contributed by atoms with van der Waals surface area (Å²) in [5.41, 5.74) is 0.0349. The molecular formula is C100H220O20S10. The Hall–Kier alpha value is -0.500. The van der Waals surface area contributed by atoms with Crippen LogP contribution >= 0.6 is 0 Å². The largest absolute Gasteiger partial charge is 0.229 e. The molecule has 30 heteroatoms. The lowest BCUT2D eigenvalue weighted by Gasteiger charge is -2.29. The van der Waals surface area contributed by atoms with E-state index in [4.69, 9.17) is 0 Å². The molecule has 0 aliphatic carbocycles. The Morgan fingerprint density at radius 1 is 0.123 bits per heavy atom. The highest BCUT2D eigenvalue weighted by Gasteiger charge is 2.41. The molecule has 0 fully saturated rings. The van der Waals surface area contributed by atoms with Crippen molar-refractivity contribution in [2.24, 2.45) is 65.0 Å². The second-order valence-electron chi connectivity index (χ2n) is 58.3. The molecule has 20 nitrogen and oxygen atoms in total. The zero-order chi connectivity index (χ0) is 109. The molecule has 0 heterocycles. The molecule has 0 radical (unpaired) electrons. The van der Waals surface area contributed by atoms with Crippen molar-refractivity contribution in [2.45, 2.75) is 505 Å². The normalized spacial score (nSPS) is 14.6. The van der Waals surface area contributed by atoms with Crippen LogP contribution in [0.4, 0.5) is 0 Å². The standard InChI is InChI=1S/4C11H24O2S.3C10H22O2S.2C9H20O2S.C8H18O2S/c2*1-10(2,3)7-8-14(12,13)9-11(4,5)6;2*1-10(2,3)8-7-9-14(12,13)11(4,5)6;1-9(2,3)7-13(11,12)8-10(4,5)6;2*1-9(2,3)7-8-13(11,12)10(4,5)6;2*1-8(2,3)7-12(10,11)9(4,5)6;1-7(2,3)11(9,10)8(4,5)6/h4*7-9H2,1-6H3;3*7-8H2,1-6H3;2*7H2,1-6H3;1-6H3. The molecule has 0 amide bonds. The number of rotatable bonds is 20. The molecule has 0 aliphatic heterocycles. The summed E-state index contributed by atoms with van der Waals surface area (Å²) in [7, 11) is -29.3. The van der Waals surface area contributed by atoms with Crippen molar-refractivity contribution in [2.75, 3.05) is 69.0 Å². The smallest absolute Gasteiger partial charge is 0.160 e. The Morgan fingerprint density at radius 3 is 0.362 bits per heavy atom. The zero-order valence-corrected chi connectivity index (χ0v) is 105. The van der Waals surface area contributed by atoms with Crippen molar-refractivity contribution in [3.05, 3.63) is 0 Å². The fraction of sp³-hybridized carbons (Fsp3) is 1.00. The van der Waals surface area contributed by atoms with Crippen LogP contribution in [0, 0.1) is 65.0 Å². The predicted molar refractivity (Wildman–Crippen MR) is 576 cm³/mol. The van der Waals surface area contributed by atoms with Crippen LogP contribution in [0.2, 0.25) is 0 Å². The molecular weight excluding hydrogens is 1840 g/mol. The van der Waals surface area contributed by atoms with E-state index < -0.39 is 136 Å². The summed E-state index contributed by atoms with van der Waals surface area (Å²) in [5, 5.41) is 0. The van der Waals surface area contributed by atoms with Crippen molar-refractivity contribution >= 4 is 98.4 Å². The van der Waals surface area contributed by atoms with E-state index in [-0.39, 0.29) is 99.5 Å². The summed E-state index contributed by atoms with van der Waals surface area (Å²) in [6, 6.07) is 0. The molecule has 0 unspecified atom stereocenters. The van der Waals surface area contributed by atoms with E-state index in [2.05, 4.69) is 125 Å². The Morgan fingerprint density at radius 2 is 0.254 bits per heavy atom. The van der Waals surface area contributed by atoms with E-state index in [1.54, 1.807) is 166 Å². The fourth-order valence-corrected chi connectivity index (χ4v) is 27.7. The highest BCUT2D eigenvalue weighted by Crippen LogP contribution is 2.34. The molecule has 130 heavy (non-hydrogen) atoms.